The predicted octanol–water partition coefficient (Wildman–Crippen LogP) is 4.10. The molecule has 1 unspecified atom stereocenters. The van der Waals surface area contributed by atoms with Crippen LogP contribution in [0, 0.1) is 5.92 Å². The van der Waals surface area contributed by atoms with Crippen LogP contribution >= 0.6 is 11.6 Å². The maximum Gasteiger partial charge on any atom is 0.317 e. The molecule has 5 rings (SSSR count). The van der Waals surface area contributed by atoms with Crippen molar-refractivity contribution < 1.29 is 9.59 Å². The number of benzene rings is 1. The van der Waals surface area contributed by atoms with Gasteiger partial charge in [-0.2, -0.15) is 4.98 Å². The standard InChI is InChI=1S/C25H27ClN8O2/c1-27-25(36)34-7-6-16(14-34)9-22(35)32-21-5-4-18-10-17(21)3-2-15-8-19(12-28-11-15)31-24-29-13-20(26)23(30-18)33-24/h4-5,8,10-13,16H,2-3,6-7,9,14H2,1H3,(H,27,36)(H,32,35)(H2,29,30,31,33). The first-order chi connectivity index (χ1) is 17.5. The zero-order valence-electron chi connectivity index (χ0n) is 19.8. The molecule has 1 atom stereocenters. The van der Waals surface area contributed by atoms with Crippen LogP contribution in [0.1, 0.15) is 24.0 Å². The average molecular weight is 507 g/mol. The van der Waals surface area contributed by atoms with Crippen molar-refractivity contribution in [2.45, 2.75) is 25.7 Å². The van der Waals surface area contributed by atoms with Crippen LogP contribution in [0.5, 0.6) is 0 Å². The molecule has 10 nitrogen and oxygen atoms in total. The molecule has 3 aromatic rings. The summed E-state index contributed by atoms with van der Waals surface area (Å²) in [6, 6.07) is 7.69. The fourth-order valence-corrected chi connectivity index (χ4v) is 4.70. The lowest BCUT2D eigenvalue weighted by Gasteiger charge is -2.17. The van der Waals surface area contributed by atoms with Gasteiger partial charge in [0.15, 0.2) is 5.82 Å². The second-order valence-electron chi connectivity index (χ2n) is 9.00. The predicted molar refractivity (Wildman–Crippen MR) is 139 cm³/mol. The third-order valence-electron chi connectivity index (χ3n) is 6.38. The van der Waals surface area contributed by atoms with Gasteiger partial charge in [-0.1, -0.05) is 11.6 Å². The first-order valence-corrected chi connectivity index (χ1v) is 12.2. The Morgan fingerprint density at radius 2 is 2.03 bits per heavy atom. The normalized spacial score (nSPS) is 16.5. The summed E-state index contributed by atoms with van der Waals surface area (Å²) in [4.78, 5) is 39.6. The van der Waals surface area contributed by atoms with Crippen LogP contribution in [0.4, 0.5) is 33.6 Å². The Morgan fingerprint density at radius 1 is 1.14 bits per heavy atom. The van der Waals surface area contributed by atoms with Gasteiger partial charge in [-0.15, -0.1) is 0 Å². The molecule has 2 aliphatic rings. The molecule has 0 spiro atoms. The fraction of sp³-hybridized carbons (Fsp3) is 0.320. The molecular weight excluding hydrogens is 480 g/mol. The Kier molecular flexibility index (Phi) is 6.86. The summed E-state index contributed by atoms with van der Waals surface area (Å²) in [5, 5.41) is 12.6. The number of halogens is 1. The molecule has 0 aliphatic carbocycles. The highest BCUT2D eigenvalue weighted by atomic mass is 35.5. The number of hydrogen-bond acceptors (Lipinski definition) is 7. The quantitative estimate of drug-likeness (QED) is 0.421. The lowest BCUT2D eigenvalue weighted by atomic mass is 10.0. The van der Waals surface area contributed by atoms with Crippen LogP contribution in [0.25, 0.3) is 0 Å². The number of aryl methyl sites for hydroxylation is 2. The Bertz CT molecular complexity index is 1300. The van der Waals surface area contributed by atoms with Gasteiger partial charge in [0.1, 0.15) is 5.02 Å². The summed E-state index contributed by atoms with van der Waals surface area (Å²) in [5.41, 5.74) is 4.37. The van der Waals surface area contributed by atoms with E-state index < -0.39 is 0 Å². The zero-order valence-corrected chi connectivity index (χ0v) is 20.6. The summed E-state index contributed by atoms with van der Waals surface area (Å²) in [6.07, 6.45) is 7.70. The van der Waals surface area contributed by atoms with Gasteiger partial charge in [0.05, 0.1) is 18.1 Å². The number of rotatable bonds is 3. The molecular formula is C25H27ClN8O2. The van der Waals surface area contributed by atoms with Crippen molar-refractivity contribution in [1.29, 1.82) is 0 Å². The molecule has 0 saturated carbocycles. The van der Waals surface area contributed by atoms with Crippen molar-refractivity contribution >= 4 is 52.4 Å². The number of likely N-dealkylation sites (tertiary alicyclic amines) is 1. The minimum Gasteiger partial charge on any atom is -0.341 e. The molecule has 4 heterocycles. The van der Waals surface area contributed by atoms with Crippen LogP contribution in [-0.2, 0) is 17.6 Å². The van der Waals surface area contributed by atoms with Crippen molar-refractivity contribution in [3.63, 3.8) is 0 Å². The van der Waals surface area contributed by atoms with Gasteiger partial charge >= 0.3 is 6.03 Å². The van der Waals surface area contributed by atoms with E-state index in [2.05, 4.69) is 36.2 Å². The van der Waals surface area contributed by atoms with E-state index in [9.17, 15) is 9.59 Å². The van der Waals surface area contributed by atoms with E-state index in [1.54, 1.807) is 24.3 Å². The minimum absolute atomic E-state index is 0.0602. The molecule has 2 aromatic heterocycles. The van der Waals surface area contributed by atoms with Crippen molar-refractivity contribution in [3.05, 3.63) is 59.0 Å². The van der Waals surface area contributed by atoms with Crippen LogP contribution in [-0.4, -0.2) is 51.9 Å². The monoisotopic (exact) mass is 506 g/mol. The lowest BCUT2D eigenvalue weighted by molar-refractivity contribution is -0.117. The number of aromatic nitrogens is 3. The van der Waals surface area contributed by atoms with E-state index in [1.807, 2.05) is 30.5 Å². The van der Waals surface area contributed by atoms with E-state index in [-0.39, 0.29) is 17.9 Å². The first-order valence-electron chi connectivity index (χ1n) is 11.9. The summed E-state index contributed by atoms with van der Waals surface area (Å²) >= 11 is 6.34. The third kappa shape index (κ3) is 5.49. The molecule has 1 fully saturated rings. The summed E-state index contributed by atoms with van der Waals surface area (Å²) in [7, 11) is 1.62. The number of urea groups is 1. The number of carbonyl (C=O) groups excluding carboxylic acids is 2. The highest BCUT2D eigenvalue weighted by Crippen LogP contribution is 2.30. The zero-order chi connectivity index (χ0) is 25.1. The van der Waals surface area contributed by atoms with Crippen LogP contribution in [0.3, 0.4) is 0 Å². The largest absolute Gasteiger partial charge is 0.341 e. The molecule has 6 bridgehead atoms. The van der Waals surface area contributed by atoms with E-state index in [4.69, 9.17) is 11.6 Å². The third-order valence-corrected chi connectivity index (χ3v) is 6.66. The Morgan fingerprint density at radius 3 is 2.89 bits per heavy atom. The maximum absolute atomic E-state index is 12.9. The van der Waals surface area contributed by atoms with Crippen LogP contribution in [0.2, 0.25) is 5.02 Å². The lowest BCUT2D eigenvalue weighted by Crippen LogP contribution is -2.36. The second-order valence-corrected chi connectivity index (χ2v) is 9.41. The van der Waals surface area contributed by atoms with Gasteiger partial charge in [-0.3, -0.25) is 9.78 Å². The molecule has 11 heteroatoms. The number of nitrogens with one attached hydrogen (secondary N) is 4. The first kappa shape index (κ1) is 23.8. The molecule has 36 heavy (non-hydrogen) atoms. The maximum atomic E-state index is 12.9. The van der Waals surface area contributed by atoms with Crippen LogP contribution in [0.15, 0.2) is 42.9 Å². The smallest absolute Gasteiger partial charge is 0.317 e. The number of nitrogens with zero attached hydrogens (tertiary/aromatic N) is 4. The minimum atomic E-state index is -0.100. The number of amides is 3. The van der Waals surface area contributed by atoms with E-state index >= 15 is 0 Å². The molecule has 1 aromatic carbocycles. The number of anilines is 5. The van der Waals surface area contributed by atoms with Crippen molar-refractivity contribution in [2.24, 2.45) is 5.92 Å². The number of hydrogen-bond donors (Lipinski definition) is 4. The Balaban J connectivity index is 1.37. The summed E-state index contributed by atoms with van der Waals surface area (Å²) in [5.74, 6) is 0.965. The molecule has 2 aliphatic heterocycles. The van der Waals surface area contributed by atoms with Gasteiger partial charge in [-0.25, -0.2) is 9.78 Å². The number of carbonyl (C=O) groups is 2. The molecule has 1 saturated heterocycles. The molecule has 3 amide bonds. The van der Waals surface area contributed by atoms with Crippen molar-refractivity contribution in [1.82, 2.24) is 25.2 Å². The molecule has 4 N–H and O–H groups in total. The van der Waals surface area contributed by atoms with E-state index in [0.717, 1.165) is 41.0 Å². The second kappa shape index (κ2) is 10.4. The van der Waals surface area contributed by atoms with Crippen LogP contribution < -0.4 is 21.3 Å². The SMILES string of the molecule is CNC(=O)N1CCC(CC(=O)Nc2ccc3cc2CCc2cncc(c2)Nc2ncc(Cl)c(n2)N3)C1. The van der Waals surface area contributed by atoms with Gasteiger partial charge in [0.25, 0.3) is 0 Å². The van der Waals surface area contributed by atoms with Gasteiger partial charge in [-0.05, 0) is 60.6 Å². The highest BCUT2D eigenvalue weighted by Gasteiger charge is 2.27. The van der Waals surface area contributed by atoms with E-state index in [0.29, 0.717) is 42.7 Å². The number of pyridine rings is 1. The molecule has 0 radical (unpaired) electrons. The Labute approximate surface area is 213 Å². The summed E-state index contributed by atoms with van der Waals surface area (Å²) in [6.45, 7) is 1.25. The highest BCUT2D eigenvalue weighted by molar-refractivity contribution is 6.32. The van der Waals surface area contributed by atoms with Gasteiger partial charge in [0.2, 0.25) is 11.9 Å². The van der Waals surface area contributed by atoms with Crippen molar-refractivity contribution in [2.75, 3.05) is 36.1 Å². The van der Waals surface area contributed by atoms with Crippen molar-refractivity contribution in [3.8, 4) is 0 Å². The van der Waals surface area contributed by atoms with Gasteiger partial charge in [0, 0.05) is 44.1 Å². The fourth-order valence-electron chi connectivity index (χ4n) is 4.56. The molecule has 186 valence electrons. The summed E-state index contributed by atoms with van der Waals surface area (Å²) < 4.78 is 0. The average Bonchev–Trinajstić information content (AvgIpc) is 3.33. The number of fused-ring (bicyclic) bond motifs is 6. The van der Waals surface area contributed by atoms with Gasteiger partial charge < -0.3 is 26.2 Å². The van der Waals surface area contributed by atoms with E-state index in [1.165, 1.54) is 0 Å². The topological polar surface area (TPSA) is 124 Å². The Hall–Kier alpha value is -3.92.